The van der Waals surface area contributed by atoms with Crippen molar-refractivity contribution in [2.75, 3.05) is 5.32 Å². The first-order valence-electron chi connectivity index (χ1n) is 7.97. The second-order valence-electron chi connectivity index (χ2n) is 5.97. The maximum Gasteiger partial charge on any atom is 0.259 e. The van der Waals surface area contributed by atoms with E-state index in [1.165, 1.54) is 0 Å². The first kappa shape index (κ1) is 17.4. The molecule has 0 bridgehead atoms. The van der Waals surface area contributed by atoms with Gasteiger partial charge in [-0.2, -0.15) is 5.10 Å². The lowest BCUT2D eigenvalue weighted by molar-refractivity contribution is 0.102. The van der Waals surface area contributed by atoms with Gasteiger partial charge in [0.15, 0.2) is 0 Å². The van der Waals surface area contributed by atoms with E-state index < -0.39 is 0 Å². The molecule has 0 saturated heterocycles. The van der Waals surface area contributed by atoms with Gasteiger partial charge in [-0.15, -0.1) is 0 Å². The van der Waals surface area contributed by atoms with Gasteiger partial charge in [0, 0.05) is 5.69 Å². The van der Waals surface area contributed by atoms with Crippen molar-refractivity contribution in [3.8, 4) is 0 Å². The Morgan fingerprint density at radius 2 is 1.92 bits per heavy atom. The second kappa shape index (κ2) is 7.19. The zero-order chi connectivity index (χ0) is 18.0. The normalized spacial score (nSPS) is 10.7. The molecule has 6 heteroatoms. The minimum Gasteiger partial charge on any atom is -0.320 e. The van der Waals surface area contributed by atoms with Gasteiger partial charge in [0.1, 0.15) is 4.60 Å². The zero-order valence-corrected chi connectivity index (χ0v) is 16.0. The molecule has 2 aromatic heterocycles. The summed E-state index contributed by atoms with van der Waals surface area (Å²) in [4.78, 5) is 16.9. The maximum atomic E-state index is 12.7. The third-order valence-corrected chi connectivity index (χ3v) is 4.89. The van der Waals surface area contributed by atoms with E-state index in [4.69, 9.17) is 0 Å². The number of aryl methyl sites for hydroxylation is 2. The van der Waals surface area contributed by atoms with Crippen molar-refractivity contribution in [1.29, 1.82) is 0 Å². The van der Waals surface area contributed by atoms with E-state index >= 15 is 0 Å². The molecule has 0 aliphatic heterocycles. The summed E-state index contributed by atoms with van der Waals surface area (Å²) in [5, 5.41) is 7.44. The first-order chi connectivity index (χ1) is 12.0. The number of carbonyl (C=O) groups excluding carboxylic acids is 1. The van der Waals surface area contributed by atoms with Crippen LogP contribution in [0, 0.1) is 20.8 Å². The van der Waals surface area contributed by atoms with E-state index in [9.17, 15) is 4.79 Å². The molecule has 3 aromatic rings. The number of nitrogens with zero attached hydrogens (tertiary/aromatic N) is 3. The van der Waals surface area contributed by atoms with E-state index in [0.717, 1.165) is 21.4 Å². The summed E-state index contributed by atoms with van der Waals surface area (Å²) in [6.45, 7) is 6.35. The van der Waals surface area contributed by atoms with Crippen molar-refractivity contribution in [3.05, 3.63) is 75.3 Å². The summed E-state index contributed by atoms with van der Waals surface area (Å²) in [7, 11) is 0. The van der Waals surface area contributed by atoms with Crippen LogP contribution in [0.1, 0.15) is 32.9 Å². The fourth-order valence-electron chi connectivity index (χ4n) is 2.76. The van der Waals surface area contributed by atoms with Gasteiger partial charge in [-0.25, -0.2) is 4.98 Å². The topological polar surface area (TPSA) is 59.8 Å². The van der Waals surface area contributed by atoms with Crippen molar-refractivity contribution in [3.63, 3.8) is 0 Å². The van der Waals surface area contributed by atoms with Gasteiger partial charge in [-0.05, 0) is 53.9 Å². The molecule has 0 aliphatic carbocycles. The number of hydrogen-bond donors (Lipinski definition) is 1. The molecule has 0 fully saturated rings. The lowest BCUT2D eigenvalue weighted by Gasteiger charge is -2.08. The number of hydrogen-bond acceptors (Lipinski definition) is 3. The highest BCUT2D eigenvalue weighted by Gasteiger charge is 2.19. The second-order valence-corrected chi connectivity index (χ2v) is 6.73. The predicted molar refractivity (Wildman–Crippen MR) is 102 cm³/mol. The SMILES string of the molecule is Cc1cc(NC(=O)c2c(C)nn(Cc3ccccc3)c2C)cnc1Br. The van der Waals surface area contributed by atoms with Crippen LogP contribution in [0.15, 0.2) is 47.2 Å². The highest BCUT2D eigenvalue weighted by Crippen LogP contribution is 2.20. The van der Waals surface area contributed by atoms with E-state index in [-0.39, 0.29) is 5.91 Å². The molecule has 5 nitrogen and oxygen atoms in total. The molecule has 1 N–H and O–H groups in total. The number of rotatable bonds is 4. The summed E-state index contributed by atoms with van der Waals surface area (Å²) in [5.74, 6) is -0.169. The van der Waals surface area contributed by atoms with Crippen molar-refractivity contribution in [2.24, 2.45) is 0 Å². The zero-order valence-electron chi connectivity index (χ0n) is 14.4. The molecule has 0 aliphatic rings. The average molecular weight is 399 g/mol. The highest BCUT2D eigenvalue weighted by atomic mass is 79.9. The van der Waals surface area contributed by atoms with Crippen LogP contribution in [0.5, 0.6) is 0 Å². The van der Waals surface area contributed by atoms with Crippen molar-refractivity contribution in [1.82, 2.24) is 14.8 Å². The molecule has 25 heavy (non-hydrogen) atoms. The Hall–Kier alpha value is -2.47. The molecule has 2 heterocycles. The van der Waals surface area contributed by atoms with E-state index in [1.54, 1.807) is 6.20 Å². The minimum absolute atomic E-state index is 0.169. The number of halogens is 1. The molecular formula is C19H19BrN4O. The molecule has 1 aromatic carbocycles. The van der Waals surface area contributed by atoms with E-state index in [2.05, 4.69) is 31.3 Å². The lowest BCUT2D eigenvalue weighted by atomic mass is 10.1. The number of carbonyl (C=O) groups is 1. The third kappa shape index (κ3) is 3.79. The minimum atomic E-state index is -0.169. The van der Waals surface area contributed by atoms with Crippen LogP contribution >= 0.6 is 15.9 Å². The molecule has 0 atom stereocenters. The summed E-state index contributed by atoms with van der Waals surface area (Å²) in [6.07, 6.45) is 1.63. The van der Waals surface area contributed by atoms with Crippen LogP contribution in [0.25, 0.3) is 0 Å². The summed E-state index contributed by atoms with van der Waals surface area (Å²) >= 11 is 3.36. The lowest BCUT2D eigenvalue weighted by Crippen LogP contribution is -2.14. The smallest absolute Gasteiger partial charge is 0.259 e. The number of benzene rings is 1. The molecule has 1 amide bonds. The Balaban J connectivity index is 1.84. The molecule has 0 saturated carbocycles. The van der Waals surface area contributed by atoms with Crippen LogP contribution in [0.2, 0.25) is 0 Å². The number of nitrogens with one attached hydrogen (secondary N) is 1. The van der Waals surface area contributed by atoms with Gasteiger partial charge >= 0.3 is 0 Å². The van der Waals surface area contributed by atoms with Gasteiger partial charge in [0.2, 0.25) is 0 Å². The predicted octanol–water partition coefficient (Wildman–Crippen LogP) is 4.27. The van der Waals surface area contributed by atoms with Crippen molar-refractivity contribution < 1.29 is 4.79 Å². The van der Waals surface area contributed by atoms with Gasteiger partial charge in [0.25, 0.3) is 5.91 Å². The Kier molecular flexibility index (Phi) is 4.99. The monoisotopic (exact) mass is 398 g/mol. The molecule has 128 valence electrons. The number of anilines is 1. The van der Waals surface area contributed by atoms with Crippen LogP contribution in [0.3, 0.4) is 0 Å². The molecule has 0 radical (unpaired) electrons. The average Bonchev–Trinajstić information content (AvgIpc) is 2.86. The van der Waals surface area contributed by atoms with Gasteiger partial charge in [-0.3, -0.25) is 9.48 Å². The first-order valence-corrected chi connectivity index (χ1v) is 8.76. The Morgan fingerprint density at radius 1 is 1.20 bits per heavy atom. The fourth-order valence-corrected chi connectivity index (χ4v) is 2.97. The largest absolute Gasteiger partial charge is 0.320 e. The fraction of sp³-hybridized carbons (Fsp3) is 0.211. The van der Waals surface area contributed by atoms with E-state index in [1.807, 2.05) is 61.9 Å². The molecule has 0 spiro atoms. The number of aromatic nitrogens is 3. The van der Waals surface area contributed by atoms with Crippen molar-refractivity contribution in [2.45, 2.75) is 27.3 Å². The molecule has 3 rings (SSSR count). The molecule has 0 unspecified atom stereocenters. The van der Waals surface area contributed by atoms with Gasteiger partial charge < -0.3 is 5.32 Å². The van der Waals surface area contributed by atoms with E-state index in [0.29, 0.717) is 23.5 Å². The van der Waals surface area contributed by atoms with Gasteiger partial charge in [0.05, 0.1) is 29.7 Å². The summed E-state index contributed by atoms with van der Waals surface area (Å²) in [5.41, 5.74) is 4.95. The van der Waals surface area contributed by atoms with Crippen molar-refractivity contribution >= 4 is 27.5 Å². The van der Waals surface area contributed by atoms with Crippen LogP contribution < -0.4 is 5.32 Å². The third-order valence-electron chi connectivity index (χ3n) is 4.06. The Bertz CT molecular complexity index is 919. The molecular weight excluding hydrogens is 380 g/mol. The highest BCUT2D eigenvalue weighted by molar-refractivity contribution is 9.10. The van der Waals surface area contributed by atoms with Crippen LogP contribution in [0.4, 0.5) is 5.69 Å². The summed E-state index contributed by atoms with van der Waals surface area (Å²) in [6, 6.07) is 12.0. The number of pyridine rings is 1. The standard InChI is InChI=1S/C19H19BrN4O/c1-12-9-16(10-21-18(12)20)22-19(25)17-13(2)23-24(14(17)3)11-15-7-5-4-6-8-15/h4-10H,11H2,1-3H3,(H,22,25). The Morgan fingerprint density at radius 3 is 2.60 bits per heavy atom. The summed E-state index contributed by atoms with van der Waals surface area (Å²) < 4.78 is 2.64. The van der Waals surface area contributed by atoms with Crippen LogP contribution in [-0.2, 0) is 6.54 Å². The van der Waals surface area contributed by atoms with Gasteiger partial charge in [-0.1, -0.05) is 30.3 Å². The quantitative estimate of drug-likeness (QED) is 0.667. The Labute approximate surface area is 155 Å². The maximum absolute atomic E-state index is 12.7. The number of amides is 1. The van der Waals surface area contributed by atoms with Crippen LogP contribution in [-0.4, -0.2) is 20.7 Å².